The number of rotatable bonds is 7. The van der Waals surface area contributed by atoms with E-state index in [9.17, 15) is 8.78 Å². The van der Waals surface area contributed by atoms with Gasteiger partial charge in [0, 0.05) is 12.6 Å². The molecule has 1 aliphatic carbocycles. The molecule has 0 radical (unpaired) electrons. The highest BCUT2D eigenvalue weighted by Gasteiger charge is 2.13. The zero-order chi connectivity index (χ0) is 17.4. The minimum absolute atomic E-state index is 0. The van der Waals surface area contributed by atoms with E-state index in [1.165, 1.54) is 26.4 Å². The molecule has 1 aromatic rings. The van der Waals surface area contributed by atoms with Crippen molar-refractivity contribution in [3.8, 4) is 11.5 Å². The number of methoxy groups -OCH3 is 1. The van der Waals surface area contributed by atoms with Crippen molar-refractivity contribution >= 4 is 29.9 Å². The summed E-state index contributed by atoms with van der Waals surface area (Å²) in [7, 11) is 1.41. The van der Waals surface area contributed by atoms with E-state index >= 15 is 0 Å². The number of ether oxygens (including phenoxy) is 2. The van der Waals surface area contributed by atoms with Crippen LogP contribution < -0.4 is 20.5 Å². The number of halogens is 3. The smallest absolute Gasteiger partial charge is 0.387 e. The van der Waals surface area contributed by atoms with Crippen LogP contribution in [0, 0.1) is 0 Å². The molecule has 0 heterocycles. The normalized spacial score (nSPS) is 15.6. The average Bonchev–Trinajstić information content (AvgIpc) is 2.55. The van der Waals surface area contributed by atoms with Gasteiger partial charge in [-0.05, 0) is 37.0 Å². The van der Waals surface area contributed by atoms with Crippen molar-refractivity contribution in [3.63, 3.8) is 0 Å². The summed E-state index contributed by atoms with van der Waals surface area (Å²) in [6.07, 6.45) is 6.58. The highest BCUT2D eigenvalue weighted by Crippen LogP contribution is 2.29. The van der Waals surface area contributed by atoms with E-state index in [-0.39, 0.29) is 35.5 Å². The lowest BCUT2D eigenvalue weighted by atomic mass is 9.96. The molecule has 1 saturated carbocycles. The molecule has 1 fully saturated rings. The van der Waals surface area contributed by atoms with E-state index in [2.05, 4.69) is 15.0 Å². The van der Waals surface area contributed by atoms with Gasteiger partial charge in [-0.1, -0.05) is 25.3 Å². The molecule has 1 aliphatic rings. The maximum atomic E-state index is 12.4. The molecule has 2 rings (SSSR count). The summed E-state index contributed by atoms with van der Waals surface area (Å²) >= 11 is 0. The van der Waals surface area contributed by atoms with E-state index in [0.717, 1.165) is 18.4 Å². The summed E-state index contributed by atoms with van der Waals surface area (Å²) in [4.78, 5) is 4.31. The first kappa shape index (κ1) is 21.7. The Kier molecular flexibility index (Phi) is 9.84. The van der Waals surface area contributed by atoms with E-state index in [1.807, 2.05) is 0 Å². The van der Waals surface area contributed by atoms with Gasteiger partial charge in [0.05, 0.1) is 7.11 Å². The van der Waals surface area contributed by atoms with Crippen molar-refractivity contribution in [2.24, 2.45) is 10.7 Å². The third kappa shape index (κ3) is 7.62. The van der Waals surface area contributed by atoms with E-state index in [4.69, 9.17) is 10.5 Å². The molecule has 142 valence electrons. The van der Waals surface area contributed by atoms with Crippen LogP contribution in [0.25, 0.3) is 0 Å². The predicted molar refractivity (Wildman–Crippen MR) is 105 cm³/mol. The fraction of sp³-hybridized carbons (Fsp3) is 0.588. The van der Waals surface area contributed by atoms with Crippen molar-refractivity contribution < 1.29 is 18.3 Å². The summed E-state index contributed by atoms with van der Waals surface area (Å²) < 4.78 is 34.3. The Balaban J connectivity index is 0.00000312. The van der Waals surface area contributed by atoms with Crippen LogP contribution in [0.15, 0.2) is 23.2 Å². The minimum atomic E-state index is -2.89. The van der Waals surface area contributed by atoms with Gasteiger partial charge in [0.25, 0.3) is 0 Å². The van der Waals surface area contributed by atoms with Gasteiger partial charge in [-0.15, -0.1) is 24.0 Å². The van der Waals surface area contributed by atoms with Crippen LogP contribution in [0.4, 0.5) is 8.78 Å². The summed E-state index contributed by atoms with van der Waals surface area (Å²) in [6, 6.07) is 5.37. The van der Waals surface area contributed by atoms with Crippen LogP contribution in [0.3, 0.4) is 0 Å². The molecule has 0 aromatic heterocycles. The quantitative estimate of drug-likeness (QED) is 0.363. The van der Waals surface area contributed by atoms with Crippen LogP contribution in [-0.4, -0.2) is 32.3 Å². The second-order valence-corrected chi connectivity index (χ2v) is 5.86. The van der Waals surface area contributed by atoms with Crippen LogP contribution in [0.1, 0.15) is 37.7 Å². The molecule has 0 saturated heterocycles. The molecule has 0 atom stereocenters. The molecule has 0 amide bonds. The number of alkyl halides is 2. The number of hydrogen-bond donors (Lipinski definition) is 2. The fourth-order valence-electron chi connectivity index (χ4n) is 2.87. The lowest BCUT2D eigenvalue weighted by Gasteiger charge is -2.23. The van der Waals surface area contributed by atoms with Crippen molar-refractivity contribution in [3.05, 3.63) is 23.8 Å². The van der Waals surface area contributed by atoms with E-state index < -0.39 is 6.61 Å². The number of aliphatic imine (C=N–C) groups is 1. The van der Waals surface area contributed by atoms with Crippen LogP contribution in [0.2, 0.25) is 0 Å². The zero-order valence-electron chi connectivity index (χ0n) is 14.3. The predicted octanol–water partition coefficient (Wildman–Crippen LogP) is 3.69. The Morgan fingerprint density at radius 2 is 2.00 bits per heavy atom. The van der Waals surface area contributed by atoms with E-state index in [1.54, 1.807) is 18.2 Å². The van der Waals surface area contributed by atoms with Gasteiger partial charge >= 0.3 is 6.61 Å². The highest BCUT2D eigenvalue weighted by atomic mass is 127. The molecule has 0 spiro atoms. The van der Waals surface area contributed by atoms with Gasteiger partial charge in [0.2, 0.25) is 0 Å². The van der Waals surface area contributed by atoms with E-state index in [0.29, 0.717) is 25.0 Å². The molecular weight excluding hydrogens is 443 g/mol. The molecule has 5 nitrogen and oxygen atoms in total. The summed E-state index contributed by atoms with van der Waals surface area (Å²) in [5.74, 6) is 0.753. The van der Waals surface area contributed by atoms with Crippen LogP contribution >= 0.6 is 24.0 Å². The molecule has 1 aromatic carbocycles. The van der Waals surface area contributed by atoms with Gasteiger partial charge in [-0.3, -0.25) is 4.99 Å². The Labute approximate surface area is 164 Å². The van der Waals surface area contributed by atoms with Gasteiger partial charge in [0.15, 0.2) is 17.5 Å². The van der Waals surface area contributed by atoms with Gasteiger partial charge in [-0.25, -0.2) is 0 Å². The van der Waals surface area contributed by atoms with Crippen molar-refractivity contribution in [1.29, 1.82) is 0 Å². The molecule has 25 heavy (non-hydrogen) atoms. The summed E-state index contributed by atoms with van der Waals surface area (Å²) in [5, 5.41) is 3.24. The third-order valence-electron chi connectivity index (χ3n) is 4.08. The summed E-state index contributed by atoms with van der Waals surface area (Å²) in [5.41, 5.74) is 6.74. The number of nitrogens with zero attached hydrogens (tertiary/aromatic N) is 1. The highest BCUT2D eigenvalue weighted by molar-refractivity contribution is 14.0. The number of nitrogens with two attached hydrogens (primary N) is 1. The molecule has 0 aliphatic heterocycles. The first-order valence-corrected chi connectivity index (χ1v) is 8.26. The van der Waals surface area contributed by atoms with Gasteiger partial charge in [-0.2, -0.15) is 8.78 Å². The second kappa shape index (κ2) is 11.3. The topological polar surface area (TPSA) is 68.9 Å². The van der Waals surface area contributed by atoms with Crippen LogP contribution in [-0.2, 0) is 6.42 Å². The summed E-state index contributed by atoms with van der Waals surface area (Å²) in [6.45, 7) is -2.41. The van der Waals surface area contributed by atoms with Crippen molar-refractivity contribution in [1.82, 2.24) is 5.32 Å². The lowest BCUT2D eigenvalue weighted by Crippen LogP contribution is -2.41. The number of benzene rings is 1. The number of guanidine groups is 1. The molecule has 0 bridgehead atoms. The first-order chi connectivity index (χ1) is 11.6. The standard InChI is InChI=1S/C17H25F2N3O2.HI/c1-23-14-8-7-12(11-15(14)24-16(18)19)9-10-21-17(20)22-13-5-3-2-4-6-13;/h7-8,11,13,16H,2-6,9-10H2,1H3,(H3,20,21,22);1H. The Morgan fingerprint density at radius 1 is 1.28 bits per heavy atom. The number of nitrogens with one attached hydrogen (secondary N) is 1. The zero-order valence-corrected chi connectivity index (χ0v) is 16.7. The first-order valence-electron chi connectivity index (χ1n) is 8.26. The monoisotopic (exact) mass is 469 g/mol. The lowest BCUT2D eigenvalue weighted by molar-refractivity contribution is -0.0512. The molecular formula is C17H26F2IN3O2. The van der Waals surface area contributed by atoms with Crippen molar-refractivity contribution in [2.75, 3.05) is 13.7 Å². The van der Waals surface area contributed by atoms with Crippen molar-refractivity contribution in [2.45, 2.75) is 51.2 Å². The Hall–Kier alpha value is -1.32. The molecule has 3 N–H and O–H groups in total. The van der Waals surface area contributed by atoms with Gasteiger partial charge in [0.1, 0.15) is 0 Å². The molecule has 8 heteroatoms. The third-order valence-corrected chi connectivity index (χ3v) is 4.08. The fourth-order valence-corrected chi connectivity index (χ4v) is 2.87. The maximum absolute atomic E-state index is 12.4. The SMILES string of the molecule is COc1ccc(CCN=C(N)NC2CCCCC2)cc1OC(F)F.I. The Bertz CT molecular complexity index is 553. The average molecular weight is 469 g/mol. The largest absolute Gasteiger partial charge is 0.493 e. The number of hydrogen-bond acceptors (Lipinski definition) is 3. The van der Waals surface area contributed by atoms with Crippen LogP contribution in [0.5, 0.6) is 11.5 Å². The van der Waals surface area contributed by atoms with Gasteiger partial charge < -0.3 is 20.5 Å². The second-order valence-electron chi connectivity index (χ2n) is 5.86. The maximum Gasteiger partial charge on any atom is 0.387 e. The minimum Gasteiger partial charge on any atom is -0.493 e. The molecule has 0 unspecified atom stereocenters. The Morgan fingerprint density at radius 3 is 2.64 bits per heavy atom.